The number of nitrogens with one attached hydrogen (secondary N) is 2. The number of hydrogen-bond donors (Lipinski definition) is 2. The van der Waals surface area contributed by atoms with Crippen LogP contribution in [0.15, 0.2) is 52.8 Å². The lowest BCUT2D eigenvalue weighted by Gasteiger charge is -2.17. The molecule has 0 radical (unpaired) electrons. The van der Waals surface area contributed by atoms with Gasteiger partial charge in [-0.05, 0) is 43.0 Å². The Morgan fingerprint density at radius 3 is 2.68 bits per heavy atom. The highest BCUT2D eigenvalue weighted by Gasteiger charge is 2.10. The molecule has 0 bridgehead atoms. The van der Waals surface area contributed by atoms with Crippen molar-refractivity contribution >= 4 is 58.0 Å². The SMILES string of the molecule is CCNC(=NCc1cc(N(C)C)nc2ccccc12)NC(C)c1cccs1.I. The van der Waals surface area contributed by atoms with E-state index in [0.717, 1.165) is 29.2 Å². The number of benzene rings is 1. The van der Waals surface area contributed by atoms with Crippen LogP contribution in [0.5, 0.6) is 0 Å². The molecule has 0 amide bonds. The van der Waals surface area contributed by atoms with E-state index in [1.165, 1.54) is 10.4 Å². The van der Waals surface area contributed by atoms with E-state index >= 15 is 0 Å². The molecule has 2 N–H and O–H groups in total. The third-order valence-electron chi connectivity index (χ3n) is 4.32. The molecule has 150 valence electrons. The number of guanidine groups is 1. The lowest BCUT2D eigenvalue weighted by atomic mass is 10.1. The fraction of sp³-hybridized carbons (Fsp3) is 0.333. The Balaban J connectivity index is 0.00000280. The standard InChI is InChI=1S/C21H27N5S.HI/c1-5-22-21(24-15(2)19-11-8-12-27-19)23-14-16-13-20(26(3)4)25-18-10-7-6-9-17(16)18;/h6-13,15H,5,14H2,1-4H3,(H2,22,23,24);1H. The molecule has 0 saturated carbocycles. The van der Waals surface area contributed by atoms with Crippen LogP contribution < -0.4 is 15.5 Å². The van der Waals surface area contributed by atoms with Crippen molar-refractivity contribution in [3.05, 3.63) is 58.3 Å². The van der Waals surface area contributed by atoms with Gasteiger partial charge in [0.25, 0.3) is 0 Å². The summed E-state index contributed by atoms with van der Waals surface area (Å²) in [6.45, 7) is 5.66. The number of aromatic nitrogens is 1. The Hall–Kier alpha value is -1.87. The molecule has 0 saturated heterocycles. The van der Waals surface area contributed by atoms with Gasteiger partial charge in [-0.1, -0.05) is 24.3 Å². The molecular formula is C21H28IN5S. The zero-order valence-electron chi connectivity index (χ0n) is 16.8. The molecule has 3 rings (SSSR count). The van der Waals surface area contributed by atoms with Gasteiger partial charge in [0.2, 0.25) is 0 Å². The van der Waals surface area contributed by atoms with E-state index in [-0.39, 0.29) is 30.0 Å². The Labute approximate surface area is 188 Å². The molecule has 0 spiro atoms. The van der Waals surface area contributed by atoms with E-state index in [4.69, 9.17) is 9.98 Å². The predicted octanol–water partition coefficient (Wildman–Crippen LogP) is 4.80. The second kappa shape index (κ2) is 10.6. The van der Waals surface area contributed by atoms with E-state index < -0.39 is 0 Å². The molecule has 1 unspecified atom stereocenters. The van der Waals surface area contributed by atoms with E-state index in [9.17, 15) is 0 Å². The summed E-state index contributed by atoms with van der Waals surface area (Å²) in [5, 5.41) is 10.1. The topological polar surface area (TPSA) is 52.6 Å². The number of hydrogen-bond acceptors (Lipinski definition) is 4. The minimum absolute atomic E-state index is 0. The minimum Gasteiger partial charge on any atom is -0.363 e. The Morgan fingerprint density at radius 2 is 2.00 bits per heavy atom. The van der Waals surface area contributed by atoms with Crippen molar-refractivity contribution in [3.8, 4) is 0 Å². The van der Waals surface area contributed by atoms with Crippen LogP contribution in [0, 0.1) is 0 Å². The maximum Gasteiger partial charge on any atom is 0.192 e. The van der Waals surface area contributed by atoms with Crippen molar-refractivity contribution in [3.63, 3.8) is 0 Å². The molecule has 7 heteroatoms. The van der Waals surface area contributed by atoms with E-state index in [2.05, 4.69) is 66.3 Å². The average molecular weight is 509 g/mol. The van der Waals surface area contributed by atoms with Gasteiger partial charge in [0.15, 0.2) is 5.96 Å². The summed E-state index contributed by atoms with van der Waals surface area (Å²) in [7, 11) is 4.02. The summed E-state index contributed by atoms with van der Waals surface area (Å²) < 4.78 is 0. The van der Waals surface area contributed by atoms with Crippen LogP contribution in [-0.2, 0) is 6.54 Å². The van der Waals surface area contributed by atoms with Gasteiger partial charge < -0.3 is 15.5 Å². The molecule has 1 atom stereocenters. The van der Waals surface area contributed by atoms with Gasteiger partial charge in [0.05, 0.1) is 18.1 Å². The molecule has 2 heterocycles. The second-order valence-corrected chi connectivity index (χ2v) is 7.61. The first-order valence-corrected chi connectivity index (χ1v) is 10.1. The van der Waals surface area contributed by atoms with Crippen molar-refractivity contribution in [1.29, 1.82) is 0 Å². The van der Waals surface area contributed by atoms with Gasteiger partial charge in [-0.25, -0.2) is 9.98 Å². The Morgan fingerprint density at radius 1 is 1.21 bits per heavy atom. The number of aliphatic imine (C=N–C) groups is 1. The zero-order valence-corrected chi connectivity index (χ0v) is 19.9. The maximum atomic E-state index is 4.84. The van der Waals surface area contributed by atoms with Gasteiger partial charge in [0.1, 0.15) is 5.82 Å². The van der Waals surface area contributed by atoms with Gasteiger partial charge in [-0.15, -0.1) is 35.3 Å². The fourth-order valence-corrected chi connectivity index (χ4v) is 3.62. The van der Waals surface area contributed by atoms with E-state index in [1.54, 1.807) is 11.3 Å². The third-order valence-corrected chi connectivity index (χ3v) is 5.38. The molecule has 0 aliphatic heterocycles. The summed E-state index contributed by atoms with van der Waals surface area (Å²) >= 11 is 1.75. The highest BCUT2D eigenvalue weighted by molar-refractivity contribution is 14.0. The number of nitrogens with zero attached hydrogens (tertiary/aromatic N) is 3. The van der Waals surface area contributed by atoms with Crippen LogP contribution in [-0.4, -0.2) is 31.6 Å². The number of halogens is 1. The average Bonchev–Trinajstić information content (AvgIpc) is 3.20. The molecule has 0 fully saturated rings. The van der Waals surface area contributed by atoms with Crippen molar-refractivity contribution in [1.82, 2.24) is 15.6 Å². The van der Waals surface area contributed by atoms with E-state index in [0.29, 0.717) is 6.54 Å². The van der Waals surface area contributed by atoms with Crippen molar-refractivity contribution in [2.24, 2.45) is 4.99 Å². The fourth-order valence-electron chi connectivity index (χ4n) is 2.89. The monoisotopic (exact) mass is 509 g/mol. The van der Waals surface area contributed by atoms with Gasteiger partial charge in [-0.3, -0.25) is 0 Å². The number of anilines is 1. The van der Waals surface area contributed by atoms with Crippen LogP contribution in [0.2, 0.25) is 0 Å². The molecule has 0 aliphatic rings. The normalized spacial score (nSPS) is 12.4. The first kappa shape index (κ1) is 22.4. The van der Waals surface area contributed by atoms with Crippen molar-refractivity contribution in [2.75, 3.05) is 25.5 Å². The Kier molecular flexibility index (Phi) is 8.50. The van der Waals surface area contributed by atoms with Crippen LogP contribution in [0.25, 0.3) is 10.9 Å². The molecular weight excluding hydrogens is 481 g/mol. The summed E-state index contributed by atoms with van der Waals surface area (Å²) in [5.41, 5.74) is 2.17. The smallest absolute Gasteiger partial charge is 0.192 e. The van der Waals surface area contributed by atoms with Crippen LogP contribution in [0.3, 0.4) is 0 Å². The zero-order chi connectivity index (χ0) is 19.2. The highest BCUT2D eigenvalue weighted by atomic mass is 127. The first-order chi connectivity index (χ1) is 13.1. The van der Waals surface area contributed by atoms with E-state index in [1.807, 2.05) is 25.1 Å². The lowest BCUT2D eigenvalue weighted by Crippen LogP contribution is -2.38. The van der Waals surface area contributed by atoms with Gasteiger partial charge in [-0.2, -0.15) is 0 Å². The maximum absolute atomic E-state index is 4.84. The summed E-state index contributed by atoms with van der Waals surface area (Å²) in [5.74, 6) is 1.77. The molecule has 1 aromatic carbocycles. The van der Waals surface area contributed by atoms with Crippen molar-refractivity contribution < 1.29 is 0 Å². The first-order valence-electron chi connectivity index (χ1n) is 9.22. The molecule has 3 aromatic rings. The van der Waals surface area contributed by atoms with Crippen molar-refractivity contribution in [2.45, 2.75) is 26.4 Å². The van der Waals surface area contributed by atoms with Crippen LogP contribution in [0.1, 0.15) is 30.3 Å². The molecule has 2 aromatic heterocycles. The number of rotatable bonds is 6. The third kappa shape index (κ3) is 5.57. The quantitative estimate of drug-likeness (QED) is 0.285. The number of thiophene rings is 1. The summed E-state index contributed by atoms with van der Waals surface area (Å²) in [6, 6.07) is 14.8. The highest BCUT2D eigenvalue weighted by Crippen LogP contribution is 2.23. The van der Waals surface area contributed by atoms with Gasteiger partial charge in [0, 0.05) is 30.9 Å². The molecule has 5 nitrogen and oxygen atoms in total. The summed E-state index contributed by atoms with van der Waals surface area (Å²) in [6.07, 6.45) is 0. The second-order valence-electron chi connectivity index (χ2n) is 6.63. The summed E-state index contributed by atoms with van der Waals surface area (Å²) in [4.78, 5) is 12.9. The largest absolute Gasteiger partial charge is 0.363 e. The minimum atomic E-state index is 0. The van der Waals surface area contributed by atoms with Gasteiger partial charge >= 0.3 is 0 Å². The lowest BCUT2D eigenvalue weighted by molar-refractivity contribution is 0.698. The number of para-hydroxylation sites is 1. The Bertz CT molecular complexity index is 908. The number of fused-ring (bicyclic) bond motifs is 1. The predicted molar refractivity (Wildman–Crippen MR) is 132 cm³/mol. The number of pyridine rings is 1. The molecule has 28 heavy (non-hydrogen) atoms. The van der Waals surface area contributed by atoms with Crippen LogP contribution in [0.4, 0.5) is 5.82 Å². The molecule has 0 aliphatic carbocycles. The van der Waals surface area contributed by atoms with Crippen LogP contribution >= 0.6 is 35.3 Å².